The number of benzene rings is 1. The lowest BCUT2D eigenvalue weighted by Crippen LogP contribution is -2.46. The van der Waals surface area contributed by atoms with Crippen LogP contribution in [-0.4, -0.2) is 35.3 Å². The van der Waals surface area contributed by atoms with Crippen molar-refractivity contribution < 1.29 is 18.8 Å². The second-order valence-electron chi connectivity index (χ2n) is 7.40. The van der Waals surface area contributed by atoms with Crippen molar-refractivity contribution in [3.05, 3.63) is 46.1 Å². The fraction of sp³-hybridized carbons (Fsp3) is 0.381. The Kier molecular flexibility index (Phi) is 6.71. The van der Waals surface area contributed by atoms with E-state index >= 15 is 0 Å². The normalized spacial score (nSPS) is 13.8. The Hall–Kier alpha value is -2.94. The highest BCUT2D eigenvalue weighted by Gasteiger charge is 2.29. The molecule has 0 atom stereocenters. The quantitative estimate of drug-likeness (QED) is 0.642. The van der Waals surface area contributed by atoms with Crippen LogP contribution in [0.1, 0.15) is 46.5 Å². The minimum atomic E-state index is -0.603. The van der Waals surface area contributed by atoms with Gasteiger partial charge in [0.25, 0.3) is 5.91 Å². The summed E-state index contributed by atoms with van der Waals surface area (Å²) in [5, 5.41) is 5.86. The Bertz CT molecular complexity index is 952. The van der Waals surface area contributed by atoms with Crippen LogP contribution >= 0.6 is 11.3 Å². The summed E-state index contributed by atoms with van der Waals surface area (Å²) >= 11 is 1.28. The number of aryl methyl sites for hydroxylation is 1. The number of thiophene rings is 1. The van der Waals surface area contributed by atoms with Crippen LogP contribution in [0.2, 0.25) is 0 Å². The zero-order valence-corrected chi connectivity index (χ0v) is 17.8. The first-order valence-electron chi connectivity index (χ1n) is 9.79. The molecule has 1 heterocycles. The maximum atomic E-state index is 13.1. The predicted molar refractivity (Wildman–Crippen MR) is 115 cm³/mol. The van der Waals surface area contributed by atoms with E-state index in [1.807, 2.05) is 6.92 Å². The van der Waals surface area contributed by atoms with E-state index in [-0.39, 0.29) is 12.6 Å². The molecular formula is C21H25FN4O3S. The lowest BCUT2D eigenvalue weighted by atomic mass is 10.1. The number of carbonyl (C=O) groups excluding carboxylic acids is 3. The number of nitrogens with two attached hydrogens (primary N) is 1. The molecule has 160 valence electrons. The van der Waals surface area contributed by atoms with E-state index in [2.05, 4.69) is 10.6 Å². The molecule has 1 aromatic carbocycles. The maximum Gasteiger partial charge on any atom is 0.322 e. The van der Waals surface area contributed by atoms with Crippen LogP contribution < -0.4 is 16.4 Å². The van der Waals surface area contributed by atoms with Gasteiger partial charge in [0, 0.05) is 16.6 Å². The molecule has 9 heteroatoms. The lowest BCUT2D eigenvalue weighted by Gasteiger charge is -2.28. The first kappa shape index (κ1) is 21.8. The van der Waals surface area contributed by atoms with E-state index in [4.69, 9.17) is 5.73 Å². The van der Waals surface area contributed by atoms with Crippen molar-refractivity contribution in [2.45, 2.75) is 45.6 Å². The molecule has 2 aromatic rings. The van der Waals surface area contributed by atoms with Crippen LogP contribution in [0.4, 0.5) is 19.9 Å². The summed E-state index contributed by atoms with van der Waals surface area (Å²) in [5.74, 6) is -1.40. The SMILES string of the molecule is Cc1sc(NC(=O)CN(C(=O)Nc2ccc(F)cc2)C2CCCC2)c(C(N)=O)c1C. The minimum Gasteiger partial charge on any atom is -0.365 e. The molecule has 7 nitrogen and oxygen atoms in total. The minimum absolute atomic E-state index is 0.0568. The van der Waals surface area contributed by atoms with Gasteiger partial charge < -0.3 is 21.3 Å². The number of urea groups is 1. The number of halogens is 1. The Morgan fingerprint density at radius 2 is 1.77 bits per heavy atom. The van der Waals surface area contributed by atoms with Crippen LogP contribution in [0, 0.1) is 19.7 Å². The van der Waals surface area contributed by atoms with Gasteiger partial charge in [0.1, 0.15) is 17.4 Å². The van der Waals surface area contributed by atoms with E-state index in [1.165, 1.54) is 40.5 Å². The smallest absolute Gasteiger partial charge is 0.322 e. The van der Waals surface area contributed by atoms with E-state index in [9.17, 15) is 18.8 Å². The second kappa shape index (κ2) is 9.25. The first-order valence-corrected chi connectivity index (χ1v) is 10.6. The van der Waals surface area contributed by atoms with Crippen LogP contribution in [0.15, 0.2) is 24.3 Å². The van der Waals surface area contributed by atoms with Crippen molar-refractivity contribution in [1.29, 1.82) is 0 Å². The highest BCUT2D eigenvalue weighted by Crippen LogP contribution is 2.32. The molecule has 1 aliphatic rings. The molecule has 4 N–H and O–H groups in total. The van der Waals surface area contributed by atoms with Gasteiger partial charge in [-0.15, -0.1) is 11.3 Å². The Labute approximate surface area is 178 Å². The summed E-state index contributed by atoms with van der Waals surface area (Å²) < 4.78 is 13.1. The van der Waals surface area contributed by atoms with E-state index in [1.54, 1.807) is 6.92 Å². The molecular weight excluding hydrogens is 407 g/mol. The number of hydrogen-bond acceptors (Lipinski definition) is 4. The number of hydrogen-bond donors (Lipinski definition) is 3. The third kappa shape index (κ3) is 4.96. The summed E-state index contributed by atoms with van der Waals surface area (Å²) in [4.78, 5) is 39.8. The summed E-state index contributed by atoms with van der Waals surface area (Å²) in [6.45, 7) is 3.47. The van der Waals surface area contributed by atoms with Crippen LogP contribution in [0.3, 0.4) is 0 Å². The largest absolute Gasteiger partial charge is 0.365 e. The van der Waals surface area contributed by atoms with Gasteiger partial charge in [-0.3, -0.25) is 9.59 Å². The summed E-state index contributed by atoms with van der Waals surface area (Å²) in [7, 11) is 0. The van der Waals surface area contributed by atoms with Gasteiger partial charge >= 0.3 is 6.03 Å². The van der Waals surface area contributed by atoms with Gasteiger partial charge in [0.2, 0.25) is 5.91 Å². The van der Waals surface area contributed by atoms with Gasteiger partial charge in [0.05, 0.1) is 5.56 Å². The van der Waals surface area contributed by atoms with Crippen LogP contribution in [0.25, 0.3) is 0 Å². The third-order valence-corrected chi connectivity index (χ3v) is 6.44. The maximum absolute atomic E-state index is 13.1. The zero-order valence-electron chi connectivity index (χ0n) is 17.0. The number of carbonyl (C=O) groups is 3. The average Bonchev–Trinajstić information content (AvgIpc) is 3.30. The number of anilines is 2. The number of amides is 4. The Balaban J connectivity index is 1.74. The van der Waals surface area contributed by atoms with E-state index < -0.39 is 23.7 Å². The second-order valence-corrected chi connectivity index (χ2v) is 8.63. The van der Waals surface area contributed by atoms with Crippen LogP contribution in [-0.2, 0) is 4.79 Å². The highest BCUT2D eigenvalue weighted by atomic mass is 32.1. The van der Waals surface area contributed by atoms with Gasteiger partial charge in [-0.2, -0.15) is 0 Å². The van der Waals surface area contributed by atoms with Crippen molar-refractivity contribution in [2.24, 2.45) is 5.73 Å². The average molecular weight is 433 g/mol. The van der Waals surface area contributed by atoms with Crippen molar-refractivity contribution in [1.82, 2.24) is 4.90 Å². The molecule has 0 radical (unpaired) electrons. The highest BCUT2D eigenvalue weighted by molar-refractivity contribution is 7.16. The van der Waals surface area contributed by atoms with Gasteiger partial charge in [-0.1, -0.05) is 12.8 Å². The molecule has 1 aliphatic carbocycles. The molecule has 0 saturated heterocycles. The monoisotopic (exact) mass is 432 g/mol. The van der Waals surface area contributed by atoms with Gasteiger partial charge in [0.15, 0.2) is 0 Å². The summed E-state index contributed by atoms with van der Waals surface area (Å²) in [5.41, 5.74) is 6.95. The number of rotatable bonds is 6. The molecule has 1 aromatic heterocycles. The molecule has 1 fully saturated rings. The van der Waals surface area contributed by atoms with Gasteiger partial charge in [-0.25, -0.2) is 9.18 Å². The number of nitrogens with zero attached hydrogens (tertiary/aromatic N) is 1. The Morgan fingerprint density at radius 3 is 2.37 bits per heavy atom. The summed E-state index contributed by atoms with van der Waals surface area (Å²) in [6, 6.07) is 4.98. The predicted octanol–water partition coefficient (Wildman–Crippen LogP) is 4.02. The Morgan fingerprint density at radius 1 is 1.13 bits per heavy atom. The fourth-order valence-corrected chi connectivity index (χ4v) is 4.73. The molecule has 1 saturated carbocycles. The first-order chi connectivity index (χ1) is 14.3. The van der Waals surface area contributed by atoms with Crippen molar-refractivity contribution in [2.75, 3.05) is 17.2 Å². The molecule has 0 unspecified atom stereocenters. The van der Waals surface area contributed by atoms with Gasteiger partial charge in [-0.05, 0) is 56.5 Å². The third-order valence-electron chi connectivity index (χ3n) is 5.32. The summed E-state index contributed by atoms with van der Waals surface area (Å²) in [6.07, 6.45) is 3.60. The molecule has 30 heavy (non-hydrogen) atoms. The lowest BCUT2D eigenvalue weighted by molar-refractivity contribution is -0.117. The molecule has 0 spiro atoms. The van der Waals surface area contributed by atoms with E-state index in [0.29, 0.717) is 16.3 Å². The molecule has 0 bridgehead atoms. The number of primary amides is 1. The van der Waals surface area contributed by atoms with Crippen molar-refractivity contribution >= 4 is 39.9 Å². The molecule has 4 amide bonds. The molecule has 3 rings (SSSR count). The topological polar surface area (TPSA) is 105 Å². The zero-order chi connectivity index (χ0) is 21.8. The van der Waals surface area contributed by atoms with E-state index in [0.717, 1.165) is 36.1 Å². The standard InChI is InChI=1S/C21H25FN4O3S/c1-12-13(2)30-20(18(12)19(23)28)25-17(27)11-26(16-5-3-4-6-16)21(29)24-15-9-7-14(22)8-10-15/h7-10,16H,3-6,11H2,1-2H3,(H2,23,28)(H,24,29)(H,25,27). The van der Waals surface area contributed by atoms with Crippen molar-refractivity contribution in [3.63, 3.8) is 0 Å². The van der Waals surface area contributed by atoms with Crippen molar-refractivity contribution in [3.8, 4) is 0 Å². The van der Waals surface area contributed by atoms with Crippen LogP contribution in [0.5, 0.6) is 0 Å². The number of nitrogens with one attached hydrogen (secondary N) is 2. The molecule has 0 aliphatic heterocycles. The fourth-order valence-electron chi connectivity index (χ4n) is 3.64.